The normalized spacial score (nSPS) is 11.4. The molecule has 1 amide bonds. The number of nitrogen functional groups attached to an aromatic ring is 1. The quantitative estimate of drug-likeness (QED) is 0.644. The molecule has 112 valence electrons. The first-order valence-corrected chi connectivity index (χ1v) is 6.18. The van der Waals surface area contributed by atoms with E-state index >= 15 is 0 Å². The van der Waals surface area contributed by atoms with Gasteiger partial charge in [0.25, 0.3) is 5.91 Å². The number of methoxy groups -OCH3 is 1. The van der Waals surface area contributed by atoms with Crippen molar-refractivity contribution in [1.82, 2.24) is 5.32 Å². The first kappa shape index (κ1) is 18.2. The van der Waals surface area contributed by atoms with Crippen LogP contribution in [0.15, 0.2) is 24.3 Å². The van der Waals surface area contributed by atoms with Gasteiger partial charge in [0.2, 0.25) is 0 Å². The number of benzene rings is 1. The molecule has 0 aliphatic carbocycles. The van der Waals surface area contributed by atoms with Crippen molar-refractivity contribution in [1.29, 1.82) is 0 Å². The van der Waals surface area contributed by atoms with Crippen LogP contribution in [0, 0.1) is 5.92 Å². The molecule has 0 aliphatic heterocycles. The number of esters is 1. The number of anilines is 1. The molecule has 0 bridgehead atoms. The second-order valence-electron chi connectivity index (χ2n) is 4.80. The lowest BCUT2D eigenvalue weighted by Gasteiger charge is -2.18. The minimum atomic E-state index is -0.640. The van der Waals surface area contributed by atoms with Crippen LogP contribution in [-0.2, 0) is 9.53 Å². The van der Waals surface area contributed by atoms with Gasteiger partial charge in [-0.15, -0.1) is 12.4 Å². The van der Waals surface area contributed by atoms with Crippen LogP contribution in [-0.4, -0.2) is 25.0 Å². The summed E-state index contributed by atoms with van der Waals surface area (Å²) in [6.07, 6.45) is 0.529. The standard InChI is InChI=1S/C14H20N2O3.ClH/c1-9(2)7-12(14(18)19-3)16-13(17)10-5-4-6-11(15)8-10;/h4-6,8-9,12H,7,15H2,1-3H3,(H,16,17);1H. The number of carbonyl (C=O) groups excluding carboxylic acids is 2. The highest BCUT2D eigenvalue weighted by Crippen LogP contribution is 2.10. The van der Waals surface area contributed by atoms with Gasteiger partial charge in [0.15, 0.2) is 0 Å². The molecule has 0 aliphatic rings. The molecule has 5 nitrogen and oxygen atoms in total. The van der Waals surface area contributed by atoms with Crippen LogP contribution in [0.5, 0.6) is 0 Å². The van der Waals surface area contributed by atoms with Gasteiger partial charge < -0.3 is 15.8 Å². The lowest BCUT2D eigenvalue weighted by molar-refractivity contribution is -0.143. The molecule has 0 spiro atoms. The summed E-state index contributed by atoms with van der Waals surface area (Å²) in [7, 11) is 1.31. The Morgan fingerprint density at radius 3 is 2.50 bits per heavy atom. The summed E-state index contributed by atoms with van der Waals surface area (Å²) in [6, 6.07) is 5.97. The number of amides is 1. The van der Waals surface area contributed by atoms with E-state index in [0.29, 0.717) is 17.7 Å². The van der Waals surface area contributed by atoms with Gasteiger partial charge in [0, 0.05) is 11.3 Å². The number of hydrogen-bond donors (Lipinski definition) is 2. The Labute approximate surface area is 125 Å². The minimum absolute atomic E-state index is 0. The van der Waals surface area contributed by atoms with Crippen LogP contribution in [0.1, 0.15) is 30.6 Å². The lowest BCUT2D eigenvalue weighted by Crippen LogP contribution is -2.42. The Morgan fingerprint density at radius 1 is 1.35 bits per heavy atom. The number of halogens is 1. The van der Waals surface area contributed by atoms with Gasteiger partial charge in [-0.05, 0) is 30.5 Å². The Balaban J connectivity index is 0.00000361. The average molecular weight is 301 g/mol. The molecular formula is C14H21ClN2O3. The summed E-state index contributed by atoms with van der Waals surface area (Å²) in [5.41, 5.74) is 6.56. The third-order valence-electron chi connectivity index (χ3n) is 2.65. The molecular weight excluding hydrogens is 280 g/mol. The lowest BCUT2D eigenvalue weighted by atomic mass is 10.0. The summed E-state index contributed by atoms with van der Waals surface area (Å²) in [5, 5.41) is 2.67. The molecule has 1 unspecified atom stereocenters. The second-order valence-corrected chi connectivity index (χ2v) is 4.80. The van der Waals surface area contributed by atoms with Gasteiger partial charge in [-0.25, -0.2) is 4.79 Å². The molecule has 1 aromatic rings. The Morgan fingerprint density at radius 2 is 2.00 bits per heavy atom. The monoisotopic (exact) mass is 300 g/mol. The number of nitrogens with one attached hydrogen (secondary N) is 1. The van der Waals surface area contributed by atoms with E-state index in [1.54, 1.807) is 24.3 Å². The maximum absolute atomic E-state index is 12.0. The molecule has 0 saturated carbocycles. The van der Waals surface area contributed by atoms with Crippen LogP contribution < -0.4 is 11.1 Å². The Kier molecular flexibility index (Phi) is 7.69. The predicted octanol–water partition coefficient (Wildman–Crippen LogP) is 2.01. The van der Waals surface area contributed by atoms with E-state index in [0.717, 1.165) is 0 Å². The maximum Gasteiger partial charge on any atom is 0.328 e. The summed E-state index contributed by atoms with van der Waals surface area (Å²) in [6.45, 7) is 3.95. The molecule has 1 rings (SSSR count). The van der Waals surface area contributed by atoms with Crippen molar-refractivity contribution in [3.63, 3.8) is 0 Å². The van der Waals surface area contributed by atoms with Gasteiger partial charge >= 0.3 is 5.97 Å². The molecule has 0 heterocycles. The summed E-state index contributed by atoms with van der Waals surface area (Å²) < 4.78 is 4.70. The van der Waals surface area contributed by atoms with E-state index in [1.807, 2.05) is 13.8 Å². The second kappa shape index (κ2) is 8.43. The van der Waals surface area contributed by atoms with Crippen molar-refractivity contribution in [3.8, 4) is 0 Å². The number of carbonyl (C=O) groups is 2. The van der Waals surface area contributed by atoms with E-state index in [4.69, 9.17) is 10.5 Å². The van der Waals surface area contributed by atoms with E-state index in [1.165, 1.54) is 7.11 Å². The van der Waals surface area contributed by atoms with Gasteiger partial charge in [0.1, 0.15) is 6.04 Å². The fourth-order valence-corrected chi connectivity index (χ4v) is 1.75. The van der Waals surface area contributed by atoms with E-state index < -0.39 is 12.0 Å². The van der Waals surface area contributed by atoms with Crippen molar-refractivity contribution in [2.45, 2.75) is 26.3 Å². The van der Waals surface area contributed by atoms with Crippen LogP contribution in [0.3, 0.4) is 0 Å². The number of hydrogen-bond acceptors (Lipinski definition) is 4. The topological polar surface area (TPSA) is 81.4 Å². The van der Waals surface area contributed by atoms with Crippen molar-refractivity contribution in [3.05, 3.63) is 29.8 Å². The molecule has 0 aromatic heterocycles. The van der Waals surface area contributed by atoms with Crippen molar-refractivity contribution in [2.24, 2.45) is 5.92 Å². The molecule has 0 radical (unpaired) electrons. The predicted molar refractivity (Wildman–Crippen MR) is 80.8 cm³/mol. The summed E-state index contributed by atoms with van der Waals surface area (Å²) in [5.74, 6) is -0.500. The van der Waals surface area contributed by atoms with E-state index in [9.17, 15) is 9.59 Å². The third kappa shape index (κ3) is 5.48. The molecule has 20 heavy (non-hydrogen) atoms. The highest BCUT2D eigenvalue weighted by Gasteiger charge is 2.23. The SMILES string of the molecule is COC(=O)C(CC(C)C)NC(=O)c1cccc(N)c1.Cl. The van der Waals surface area contributed by atoms with Gasteiger partial charge in [-0.1, -0.05) is 19.9 Å². The first-order valence-electron chi connectivity index (χ1n) is 6.18. The first-order chi connectivity index (χ1) is 8.93. The minimum Gasteiger partial charge on any atom is -0.467 e. The highest BCUT2D eigenvalue weighted by molar-refractivity contribution is 5.97. The number of ether oxygens (including phenoxy) is 1. The number of rotatable bonds is 5. The van der Waals surface area contributed by atoms with E-state index in [-0.39, 0.29) is 24.2 Å². The fraction of sp³-hybridized carbons (Fsp3) is 0.429. The average Bonchev–Trinajstić information content (AvgIpc) is 2.36. The molecule has 6 heteroatoms. The summed E-state index contributed by atoms with van der Waals surface area (Å²) in [4.78, 5) is 23.7. The Bertz CT molecular complexity index is 463. The smallest absolute Gasteiger partial charge is 0.328 e. The molecule has 0 saturated heterocycles. The third-order valence-corrected chi connectivity index (χ3v) is 2.65. The van der Waals surface area contributed by atoms with Gasteiger partial charge in [-0.3, -0.25) is 4.79 Å². The number of nitrogens with two attached hydrogens (primary N) is 1. The zero-order valence-corrected chi connectivity index (χ0v) is 12.7. The summed E-state index contributed by atoms with van der Waals surface area (Å²) >= 11 is 0. The highest BCUT2D eigenvalue weighted by atomic mass is 35.5. The van der Waals surface area contributed by atoms with Crippen molar-refractivity contribution < 1.29 is 14.3 Å². The van der Waals surface area contributed by atoms with Gasteiger partial charge in [-0.2, -0.15) is 0 Å². The maximum atomic E-state index is 12.0. The molecule has 1 atom stereocenters. The van der Waals surface area contributed by atoms with Crippen LogP contribution in [0.4, 0.5) is 5.69 Å². The molecule has 0 fully saturated rings. The molecule has 3 N–H and O–H groups in total. The zero-order valence-electron chi connectivity index (χ0n) is 11.9. The van der Waals surface area contributed by atoms with Crippen LogP contribution in [0.2, 0.25) is 0 Å². The van der Waals surface area contributed by atoms with Crippen LogP contribution in [0.25, 0.3) is 0 Å². The van der Waals surface area contributed by atoms with Gasteiger partial charge in [0.05, 0.1) is 7.11 Å². The van der Waals surface area contributed by atoms with E-state index in [2.05, 4.69) is 5.32 Å². The van der Waals surface area contributed by atoms with Crippen LogP contribution >= 0.6 is 12.4 Å². The fourth-order valence-electron chi connectivity index (χ4n) is 1.75. The zero-order chi connectivity index (χ0) is 14.4. The van der Waals surface area contributed by atoms with Crippen molar-refractivity contribution in [2.75, 3.05) is 12.8 Å². The van der Waals surface area contributed by atoms with Crippen molar-refractivity contribution >= 4 is 30.0 Å². The largest absolute Gasteiger partial charge is 0.467 e. The Hall–Kier alpha value is -1.75. The molecule has 1 aromatic carbocycles.